The second-order valence-corrected chi connectivity index (χ2v) is 4.70. The van der Waals surface area contributed by atoms with Crippen molar-refractivity contribution in [1.29, 1.82) is 5.26 Å². The van der Waals surface area contributed by atoms with Crippen LogP contribution in [0.3, 0.4) is 0 Å². The van der Waals surface area contributed by atoms with Crippen LogP contribution in [-0.4, -0.2) is 12.9 Å². The summed E-state index contributed by atoms with van der Waals surface area (Å²) in [5.74, 6) is 0.608. The van der Waals surface area contributed by atoms with E-state index < -0.39 is 5.41 Å². The number of aryl methyl sites for hydroxylation is 2. The maximum absolute atomic E-state index is 12.2. The average Bonchev–Trinajstić information content (AvgIpc) is 2.30. The molecule has 1 aromatic carbocycles. The predicted molar refractivity (Wildman–Crippen MR) is 66.2 cm³/mol. The Morgan fingerprint density at radius 1 is 1.29 bits per heavy atom. The van der Waals surface area contributed by atoms with E-state index in [4.69, 9.17) is 10.00 Å². The maximum atomic E-state index is 12.2. The van der Waals surface area contributed by atoms with Crippen LogP contribution >= 0.6 is 0 Å². The molecule has 0 saturated carbocycles. The lowest BCUT2D eigenvalue weighted by Gasteiger charge is -2.17. The van der Waals surface area contributed by atoms with Crippen molar-refractivity contribution in [3.8, 4) is 11.8 Å². The standard InChI is InChI=1S/C14H17NO2/c1-9-7-12(17-5)10(2)6-11(9)13(16)14(3,4)8-15/h6-7H,1-5H3. The Morgan fingerprint density at radius 2 is 1.88 bits per heavy atom. The number of ether oxygens (including phenoxy) is 1. The number of nitrogens with zero attached hydrogens (tertiary/aromatic N) is 1. The zero-order chi connectivity index (χ0) is 13.2. The van der Waals surface area contributed by atoms with E-state index in [1.54, 1.807) is 27.0 Å². The molecule has 0 bridgehead atoms. The summed E-state index contributed by atoms with van der Waals surface area (Å²) in [5, 5.41) is 8.99. The molecule has 0 aliphatic carbocycles. The van der Waals surface area contributed by atoms with Crippen molar-refractivity contribution in [2.24, 2.45) is 5.41 Å². The molecule has 0 unspecified atom stereocenters. The number of carbonyl (C=O) groups excluding carboxylic acids is 1. The van der Waals surface area contributed by atoms with E-state index in [-0.39, 0.29) is 5.78 Å². The molecule has 1 aromatic rings. The first-order chi connectivity index (χ1) is 7.83. The van der Waals surface area contributed by atoms with Crippen LogP contribution in [0.15, 0.2) is 12.1 Å². The quantitative estimate of drug-likeness (QED) is 0.751. The van der Waals surface area contributed by atoms with Gasteiger partial charge in [0.15, 0.2) is 5.78 Å². The normalized spacial score (nSPS) is 10.8. The Morgan fingerprint density at radius 3 is 2.35 bits per heavy atom. The number of methoxy groups -OCH3 is 1. The molecule has 3 nitrogen and oxygen atoms in total. The van der Waals surface area contributed by atoms with Gasteiger partial charge >= 0.3 is 0 Å². The summed E-state index contributed by atoms with van der Waals surface area (Å²) in [6, 6.07) is 5.65. The van der Waals surface area contributed by atoms with Gasteiger partial charge in [0.2, 0.25) is 0 Å². The van der Waals surface area contributed by atoms with Gasteiger partial charge in [0.25, 0.3) is 0 Å². The molecule has 0 radical (unpaired) electrons. The Bertz CT molecular complexity index is 496. The predicted octanol–water partition coefficient (Wildman–Crippen LogP) is 3.04. The lowest BCUT2D eigenvalue weighted by atomic mass is 9.84. The first kappa shape index (κ1) is 13.2. The average molecular weight is 231 g/mol. The van der Waals surface area contributed by atoms with Crippen LogP contribution < -0.4 is 4.74 Å². The minimum absolute atomic E-state index is 0.150. The highest BCUT2D eigenvalue weighted by Crippen LogP contribution is 2.28. The molecule has 90 valence electrons. The van der Waals surface area contributed by atoms with Crippen molar-refractivity contribution in [2.75, 3.05) is 7.11 Å². The zero-order valence-electron chi connectivity index (χ0n) is 10.9. The molecule has 0 N–H and O–H groups in total. The van der Waals surface area contributed by atoms with Crippen LogP contribution in [-0.2, 0) is 0 Å². The van der Waals surface area contributed by atoms with Gasteiger partial charge in [-0.05, 0) is 51.0 Å². The van der Waals surface area contributed by atoms with E-state index in [0.717, 1.165) is 16.9 Å². The molecule has 0 aliphatic rings. The number of nitriles is 1. The van der Waals surface area contributed by atoms with Crippen molar-refractivity contribution < 1.29 is 9.53 Å². The highest BCUT2D eigenvalue weighted by atomic mass is 16.5. The highest BCUT2D eigenvalue weighted by Gasteiger charge is 2.29. The second-order valence-electron chi connectivity index (χ2n) is 4.70. The summed E-state index contributed by atoms with van der Waals surface area (Å²) >= 11 is 0. The fraction of sp³-hybridized carbons (Fsp3) is 0.429. The van der Waals surface area contributed by atoms with Gasteiger partial charge in [0.1, 0.15) is 11.2 Å². The molecule has 0 atom stereocenters. The molecular formula is C14H17NO2. The molecule has 0 saturated heterocycles. The van der Waals surface area contributed by atoms with Gasteiger partial charge < -0.3 is 4.74 Å². The fourth-order valence-corrected chi connectivity index (χ4v) is 1.64. The van der Waals surface area contributed by atoms with E-state index >= 15 is 0 Å². The topological polar surface area (TPSA) is 50.1 Å². The van der Waals surface area contributed by atoms with Crippen molar-refractivity contribution in [3.63, 3.8) is 0 Å². The maximum Gasteiger partial charge on any atom is 0.182 e. The number of benzene rings is 1. The largest absolute Gasteiger partial charge is 0.496 e. The van der Waals surface area contributed by atoms with E-state index in [9.17, 15) is 4.79 Å². The molecule has 1 rings (SSSR count). The van der Waals surface area contributed by atoms with Crippen molar-refractivity contribution in [3.05, 3.63) is 28.8 Å². The molecule has 17 heavy (non-hydrogen) atoms. The summed E-state index contributed by atoms with van der Waals surface area (Å²) in [4.78, 5) is 12.2. The molecule has 0 fully saturated rings. The third kappa shape index (κ3) is 2.47. The number of Topliss-reactive ketones (excluding diaryl/α,β-unsaturated/α-hetero) is 1. The summed E-state index contributed by atoms with van der Waals surface area (Å²) < 4.78 is 5.20. The molecule has 0 amide bonds. The minimum Gasteiger partial charge on any atom is -0.496 e. The number of rotatable bonds is 3. The first-order valence-electron chi connectivity index (χ1n) is 5.44. The van der Waals surface area contributed by atoms with Gasteiger partial charge in [-0.15, -0.1) is 0 Å². The lowest BCUT2D eigenvalue weighted by Crippen LogP contribution is -2.23. The Kier molecular flexibility index (Phi) is 3.57. The monoisotopic (exact) mass is 231 g/mol. The van der Waals surface area contributed by atoms with Crippen LogP contribution in [0, 0.1) is 30.6 Å². The number of hydrogen-bond donors (Lipinski definition) is 0. The van der Waals surface area contributed by atoms with Crippen LogP contribution in [0.4, 0.5) is 0 Å². The Hall–Kier alpha value is -1.82. The van der Waals surface area contributed by atoms with Gasteiger partial charge in [0.05, 0.1) is 13.2 Å². The van der Waals surface area contributed by atoms with Crippen LogP contribution in [0.5, 0.6) is 5.75 Å². The van der Waals surface area contributed by atoms with E-state index in [0.29, 0.717) is 5.56 Å². The van der Waals surface area contributed by atoms with Crippen molar-refractivity contribution >= 4 is 5.78 Å². The summed E-state index contributed by atoms with van der Waals surface area (Å²) in [5.41, 5.74) is 1.33. The summed E-state index contributed by atoms with van der Waals surface area (Å²) in [6.07, 6.45) is 0. The molecule has 0 heterocycles. The van der Waals surface area contributed by atoms with Crippen LogP contribution in [0.1, 0.15) is 35.3 Å². The third-order valence-corrected chi connectivity index (χ3v) is 2.83. The van der Waals surface area contributed by atoms with Gasteiger partial charge in [-0.2, -0.15) is 5.26 Å². The number of carbonyl (C=O) groups is 1. The zero-order valence-corrected chi connectivity index (χ0v) is 10.9. The summed E-state index contributed by atoms with van der Waals surface area (Å²) in [6.45, 7) is 7.00. The molecular weight excluding hydrogens is 214 g/mol. The Balaban J connectivity index is 3.31. The molecule has 0 spiro atoms. The number of hydrogen-bond acceptors (Lipinski definition) is 3. The lowest BCUT2D eigenvalue weighted by molar-refractivity contribution is 0.0891. The van der Waals surface area contributed by atoms with Crippen molar-refractivity contribution in [2.45, 2.75) is 27.7 Å². The SMILES string of the molecule is COc1cc(C)c(C(=O)C(C)(C)C#N)cc1C. The molecule has 3 heteroatoms. The Labute approximate surface area is 102 Å². The number of ketones is 1. The molecule has 0 aromatic heterocycles. The molecule has 0 aliphatic heterocycles. The third-order valence-electron chi connectivity index (χ3n) is 2.83. The van der Waals surface area contributed by atoms with Gasteiger partial charge in [-0.3, -0.25) is 4.79 Å². The van der Waals surface area contributed by atoms with Gasteiger partial charge in [-0.25, -0.2) is 0 Å². The van der Waals surface area contributed by atoms with E-state index in [2.05, 4.69) is 0 Å². The summed E-state index contributed by atoms with van der Waals surface area (Å²) in [7, 11) is 1.60. The minimum atomic E-state index is -0.994. The second kappa shape index (κ2) is 4.58. The first-order valence-corrected chi connectivity index (χ1v) is 5.44. The fourth-order valence-electron chi connectivity index (χ4n) is 1.64. The highest BCUT2D eigenvalue weighted by molar-refractivity contribution is 6.03. The van der Waals surface area contributed by atoms with Crippen LogP contribution in [0.2, 0.25) is 0 Å². The van der Waals surface area contributed by atoms with E-state index in [1.807, 2.05) is 26.0 Å². The van der Waals surface area contributed by atoms with Gasteiger partial charge in [-0.1, -0.05) is 0 Å². The van der Waals surface area contributed by atoms with Crippen molar-refractivity contribution in [1.82, 2.24) is 0 Å². The van der Waals surface area contributed by atoms with E-state index in [1.165, 1.54) is 0 Å². The smallest absolute Gasteiger partial charge is 0.182 e. The van der Waals surface area contributed by atoms with Gasteiger partial charge in [0, 0.05) is 5.56 Å². The van der Waals surface area contributed by atoms with Crippen LogP contribution in [0.25, 0.3) is 0 Å².